The van der Waals surface area contributed by atoms with Crippen LogP contribution in [0.5, 0.6) is 5.75 Å². The normalized spacial score (nSPS) is 17.3. The van der Waals surface area contributed by atoms with Gasteiger partial charge < -0.3 is 9.84 Å². The number of carbonyl (C=O) groups is 1. The van der Waals surface area contributed by atoms with Crippen LogP contribution >= 0.6 is 15.9 Å². The Labute approximate surface area is 121 Å². The molecule has 0 aliphatic carbocycles. The molecule has 1 aromatic carbocycles. The second-order valence-corrected chi connectivity index (χ2v) is 5.67. The monoisotopic (exact) mass is 327 g/mol. The number of likely N-dealkylation sites (tertiary alicyclic amines) is 1. The molecule has 1 aliphatic heterocycles. The number of carboxylic acids is 1. The molecule has 5 heteroatoms. The van der Waals surface area contributed by atoms with E-state index in [1.807, 2.05) is 24.3 Å². The van der Waals surface area contributed by atoms with E-state index < -0.39 is 5.97 Å². The highest BCUT2D eigenvalue weighted by atomic mass is 79.9. The van der Waals surface area contributed by atoms with Crippen molar-refractivity contribution in [2.75, 3.05) is 26.2 Å². The number of hydrogen-bond acceptors (Lipinski definition) is 3. The molecule has 1 heterocycles. The molecule has 1 N–H and O–H groups in total. The Morgan fingerprint density at radius 2 is 1.95 bits per heavy atom. The lowest BCUT2D eigenvalue weighted by molar-refractivity contribution is -0.143. The minimum absolute atomic E-state index is 0.163. The van der Waals surface area contributed by atoms with Gasteiger partial charge in [-0.15, -0.1) is 0 Å². The van der Waals surface area contributed by atoms with Crippen molar-refractivity contribution in [3.05, 3.63) is 28.7 Å². The lowest BCUT2D eigenvalue weighted by Gasteiger charge is -2.29. The molecule has 2 rings (SSSR count). The summed E-state index contributed by atoms with van der Waals surface area (Å²) in [6.07, 6.45) is 1.49. The van der Waals surface area contributed by atoms with Crippen LogP contribution < -0.4 is 4.74 Å². The van der Waals surface area contributed by atoms with Crippen LogP contribution in [0.4, 0.5) is 0 Å². The van der Waals surface area contributed by atoms with E-state index in [0.717, 1.165) is 42.7 Å². The van der Waals surface area contributed by atoms with Gasteiger partial charge in [0.05, 0.1) is 5.92 Å². The zero-order valence-corrected chi connectivity index (χ0v) is 12.3. The summed E-state index contributed by atoms with van der Waals surface area (Å²) < 4.78 is 6.70. The molecule has 0 bridgehead atoms. The third kappa shape index (κ3) is 4.51. The van der Waals surface area contributed by atoms with Crippen molar-refractivity contribution in [2.45, 2.75) is 12.8 Å². The minimum Gasteiger partial charge on any atom is -0.492 e. The fourth-order valence-corrected chi connectivity index (χ4v) is 2.49. The molecular weight excluding hydrogens is 310 g/mol. The fourth-order valence-electron chi connectivity index (χ4n) is 2.23. The molecule has 0 amide bonds. The van der Waals surface area contributed by atoms with E-state index in [4.69, 9.17) is 9.84 Å². The molecule has 0 aromatic heterocycles. The second kappa shape index (κ2) is 6.91. The van der Waals surface area contributed by atoms with E-state index in [1.165, 1.54) is 0 Å². The summed E-state index contributed by atoms with van der Waals surface area (Å²) in [6, 6.07) is 7.77. The molecule has 104 valence electrons. The van der Waals surface area contributed by atoms with Gasteiger partial charge in [0.15, 0.2) is 0 Å². The Morgan fingerprint density at radius 1 is 1.32 bits per heavy atom. The van der Waals surface area contributed by atoms with Crippen LogP contribution in [-0.2, 0) is 4.79 Å². The summed E-state index contributed by atoms with van der Waals surface area (Å²) in [5, 5.41) is 8.92. The average molecular weight is 328 g/mol. The summed E-state index contributed by atoms with van der Waals surface area (Å²) in [6.45, 7) is 3.18. The third-order valence-electron chi connectivity index (χ3n) is 3.43. The van der Waals surface area contributed by atoms with Crippen LogP contribution in [0.1, 0.15) is 12.8 Å². The molecule has 0 spiro atoms. The number of halogens is 1. The lowest BCUT2D eigenvalue weighted by Crippen LogP contribution is -2.38. The first-order valence-corrected chi connectivity index (χ1v) is 7.28. The van der Waals surface area contributed by atoms with Crippen molar-refractivity contribution < 1.29 is 14.6 Å². The van der Waals surface area contributed by atoms with Gasteiger partial charge in [0, 0.05) is 11.0 Å². The first-order valence-electron chi connectivity index (χ1n) is 6.48. The van der Waals surface area contributed by atoms with Gasteiger partial charge in [-0.2, -0.15) is 0 Å². The van der Waals surface area contributed by atoms with E-state index in [-0.39, 0.29) is 5.92 Å². The summed E-state index contributed by atoms with van der Waals surface area (Å²) in [5.74, 6) is 0.0398. The molecule has 0 unspecified atom stereocenters. The van der Waals surface area contributed by atoms with Gasteiger partial charge in [0.25, 0.3) is 0 Å². The Hall–Kier alpha value is -1.07. The number of carboxylic acid groups (broad SMARTS) is 1. The lowest BCUT2D eigenvalue weighted by atomic mass is 9.97. The van der Waals surface area contributed by atoms with E-state index in [2.05, 4.69) is 20.8 Å². The van der Waals surface area contributed by atoms with Crippen LogP contribution in [0.15, 0.2) is 28.7 Å². The highest BCUT2D eigenvalue weighted by Gasteiger charge is 2.23. The van der Waals surface area contributed by atoms with Crippen molar-refractivity contribution in [1.82, 2.24) is 4.90 Å². The highest BCUT2D eigenvalue weighted by molar-refractivity contribution is 9.10. The Bertz CT molecular complexity index is 413. The SMILES string of the molecule is O=C(O)C1CCN(CCOc2ccc(Br)cc2)CC1. The largest absolute Gasteiger partial charge is 0.492 e. The number of benzene rings is 1. The Kier molecular flexibility index (Phi) is 5.22. The predicted molar refractivity (Wildman–Crippen MR) is 76.4 cm³/mol. The molecule has 0 radical (unpaired) electrons. The molecule has 0 saturated carbocycles. The Morgan fingerprint density at radius 3 is 2.53 bits per heavy atom. The minimum atomic E-state index is -0.661. The van der Waals surface area contributed by atoms with Gasteiger partial charge in [-0.1, -0.05) is 15.9 Å². The van der Waals surface area contributed by atoms with Crippen molar-refractivity contribution in [3.8, 4) is 5.75 Å². The number of piperidine rings is 1. The smallest absolute Gasteiger partial charge is 0.306 e. The number of ether oxygens (including phenoxy) is 1. The molecular formula is C14H18BrNO3. The molecule has 4 nitrogen and oxygen atoms in total. The summed E-state index contributed by atoms with van der Waals surface area (Å²) in [5.41, 5.74) is 0. The number of hydrogen-bond donors (Lipinski definition) is 1. The Balaban J connectivity index is 1.67. The molecule has 1 saturated heterocycles. The van der Waals surface area contributed by atoms with Crippen molar-refractivity contribution in [3.63, 3.8) is 0 Å². The zero-order chi connectivity index (χ0) is 13.7. The van der Waals surface area contributed by atoms with Crippen molar-refractivity contribution >= 4 is 21.9 Å². The standard InChI is InChI=1S/C14H18BrNO3/c15-12-1-3-13(4-2-12)19-10-9-16-7-5-11(6-8-16)14(17)18/h1-4,11H,5-10H2,(H,17,18). The maximum absolute atomic E-state index is 10.8. The summed E-state index contributed by atoms with van der Waals surface area (Å²) >= 11 is 3.38. The molecule has 1 aliphatic rings. The number of nitrogens with zero attached hydrogens (tertiary/aromatic N) is 1. The number of aliphatic carboxylic acids is 1. The molecule has 0 atom stereocenters. The zero-order valence-electron chi connectivity index (χ0n) is 10.7. The van der Waals surface area contributed by atoms with Gasteiger partial charge in [0.2, 0.25) is 0 Å². The molecule has 1 aromatic rings. The molecule has 19 heavy (non-hydrogen) atoms. The van der Waals surface area contributed by atoms with Gasteiger partial charge in [-0.25, -0.2) is 0 Å². The first kappa shape index (κ1) is 14.3. The van der Waals surface area contributed by atoms with Crippen molar-refractivity contribution in [1.29, 1.82) is 0 Å². The molecule has 1 fully saturated rings. The third-order valence-corrected chi connectivity index (χ3v) is 3.96. The van der Waals surface area contributed by atoms with E-state index in [9.17, 15) is 4.79 Å². The van der Waals surface area contributed by atoms with Crippen LogP contribution in [-0.4, -0.2) is 42.2 Å². The average Bonchev–Trinajstić information content (AvgIpc) is 2.41. The van der Waals surface area contributed by atoms with E-state index in [0.29, 0.717) is 6.61 Å². The first-order chi connectivity index (χ1) is 9.15. The quantitative estimate of drug-likeness (QED) is 0.903. The highest BCUT2D eigenvalue weighted by Crippen LogP contribution is 2.18. The van der Waals surface area contributed by atoms with Gasteiger partial charge >= 0.3 is 5.97 Å². The number of rotatable bonds is 5. The second-order valence-electron chi connectivity index (χ2n) is 4.76. The summed E-state index contributed by atoms with van der Waals surface area (Å²) in [7, 11) is 0. The predicted octanol–water partition coefficient (Wildman–Crippen LogP) is 2.62. The van der Waals surface area contributed by atoms with Gasteiger partial charge in [-0.05, 0) is 50.2 Å². The summed E-state index contributed by atoms with van der Waals surface area (Å²) in [4.78, 5) is 13.1. The van der Waals surface area contributed by atoms with Crippen LogP contribution in [0.3, 0.4) is 0 Å². The van der Waals surface area contributed by atoms with Crippen molar-refractivity contribution in [2.24, 2.45) is 5.92 Å². The topological polar surface area (TPSA) is 49.8 Å². The van der Waals surface area contributed by atoms with Crippen LogP contribution in [0.25, 0.3) is 0 Å². The fraction of sp³-hybridized carbons (Fsp3) is 0.500. The van der Waals surface area contributed by atoms with E-state index >= 15 is 0 Å². The van der Waals surface area contributed by atoms with Crippen LogP contribution in [0.2, 0.25) is 0 Å². The van der Waals surface area contributed by atoms with Gasteiger partial charge in [-0.3, -0.25) is 9.69 Å². The van der Waals surface area contributed by atoms with Crippen LogP contribution in [0, 0.1) is 5.92 Å². The maximum atomic E-state index is 10.8. The van der Waals surface area contributed by atoms with Gasteiger partial charge in [0.1, 0.15) is 12.4 Å². The van der Waals surface area contributed by atoms with E-state index in [1.54, 1.807) is 0 Å². The maximum Gasteiger partial charge on any atom is 0.306 e.